The maximum atomic E-state index is 10.4. The van der Waals surface area contributed by atoms with E-state index in [1.807, 2.05) is 49.0 Å². The van der Waals surface area contributed by atoms with Gasteiger partial charge in [-0.2, -0.15) is 5.10 Å². The summed E-state index contributed by atoms with van der Waals surface area (Å²) in [5.41, 5.74) is 3.87. The number of nitrogens with zero attached hydrogens (tertiary/aromatic N) is 2. The van der Waals surface area contributed by atoms with Gasteiger partial charge in [-0.05, 0) is 49.2 Å². The first-order valence-electron chi connectivity index (χ1n) is 5.60. The Morgan fingerprint density at radius 3 is 2.67 bits per heavy atom. The van der Waals surface area contributed by atoms with Crippen LogP contribution in [-0.4, -0.2) is 20.9 Å². The minimum Gasteiger partial charge on any atom is -0.478 e. The van der Waals surface area contributed by atoms with Gasteiger partial charge in [0.05, 0.1) is 11.4 Å². The average molecular weight is 242 g/mol. The van der Waals surface area contributed by atoms with Crippen LogP contribution in [0, 0.1) is 13.8 Å². The summed E-state index contributed by atoms with van der Waals surface area (Å²) in [5.74, 6) is -0.945. The van der Waals surface area contributed by atoms with Gasteiger partial charge in [-0.15, -0.1) is 0 Å². The van der Waals surface area contributed by atoms with Gasteiger partial charge in [-0.25, -0.2) is 9.48 Å². The van der Waals surface area contributed by atoms with Crippen molar-refractivity contribution in [2.45, 2.75) is 13.8 Å². The van der Waals surface area contributed by atoms with Crippen molar-refractivity contribution in [3.8, 4) is 5.69 Å². The molecule has 18 heavy (non-hydrogen) atoms. The second kappa shape index (κ2) is 4.87. The lowest BCUT2D eigenvalue weighted by atomic mass is 10.1. The molecule has 0 radical (unpaired) electrons. The molecule has 0 aliphatic rings. The lowest BCUT2D eigenvalue weighted by Gasteiger charge is -2.06. The summed E-state index contributed by atoms with van der Waals surface area (Å²) in [6.07, 6.45) is 4.62. The summed E-state index contributed by atoms with van der Waals surface area (Å²) in [6.45, 7) is 3.92. The number of carboxylic acids is 1. The molecular formula is C14H14N2O2. The molecule has 0 saturated carbocycles. The summed E-state index contributed by atoms with van der Waals surface area (Å²) in [7, 11) is 0. The minimum absolute atomic E-state index is 0.863. The van der Waals surface area contributed by atoms with E-state index >= 15 is 0 Å². The summed E-state index contributed by atoms with van der Waals surface area (Å²) in [4.78, 5) is 10.4. The van der Waals surface area contributed by atoms with Crippen molar-refractivity contribution in [1.82, 2.24) is 9.78 Å². The molecule has 1 aromatic carbocycles. The topological polar surface area (TPSA) is 55.1 Å². The Morgan fingerprint density at radius 1 is 1.33 bits per heavy atom. The third-order valence-electron chi connectivity index (χ3n) is 2.61. The molecule has 1 aromatic heterocycles. The van der Waals surface area contributed by atoms with Crippen LogP contribution in [0.3, 0.4) is 0 Å². The highest BCUT2D eigenvalue weighted by Crippen LogP contribution is 2.16. The molecule has 0 amide bonds. The molecule has 0 aliphatic carbocycles. The van der Waals surface area contributed by atoms with Gasteiger partial charge in [-0.3, -0.25) is 0 Å². The van der Waals surface area contributed by atoms with E-state index in [-0.39, 0.29) is 0 Å². The third-order valence-corrected chi connectivity index (χ3v) is 2.61. The van der Waals surface area contributed by atoms with Crippen molar-refractivity contribution >= 4 is 12.0 Å². The van der Waals surface area contributed by atoms with Gasteiger partial charge in [-0.1, -0.05) is 6.07 Å². The van der Waals surface area contributed by atoms with E-state index in [4.69, 9.17) is 5.11 Å². The number of hydrogen-bond donors (Lipinski definition) is 1. The van der Waals surface area contributed by atoms with Gasteiger partial charge in [0.1, 0.15) is 0 Å². The Hall–Kier alpha value is -2.36. The van der Waals surface area contributed by atoms with Crippen LogP contribution < -0.4 is 0 Å². The van der Waals surface area contributed by atoms with Gasteiger partial charge >= 0.3 is 5.97 Å². The molecule has 2 rings (SSSR count). The number of carboxylic acid groups (broad SMARTS) is 1. The van der Waals surface area contributed by atoms with Crippen LogP contribution in [0.5, 0.6) is 0 Å². The van der Waals surface area contributed by atoms with Crippen molar-refractivity contribution in [2.75, 3.05) is 0 Å². The van der Waals surface area contributed by atoms with E-state index in [0.717, 1.165) is 28.6 Å². The minimum atomic E-state index is -0.945. The SMILES string of the molecule is Cc1ccn(-c2ccc(C=CC(=O)O)cc2C)n1. The van der Waals surface area contributed by atoms with E-state index < -0.39 is 5.97 Å². The molecule has 1 N–H and O–H groups in total. The number of aromatic nitrogens is 2. The van der Waals surface area contributed by atoms with Gasteiger partial charge in [0, 0.05) is 12.3 Å². The van der Waals surface area contributed by atoms with Gasteiger partial charge in [0.15, 0.2) is 0 Å². The fraction of sp³-hybridized carbons (Fsp3) is 0.143. The fourth-order valence-electron chi connectivity index (χ4n) is 1.76. The van der Waals surface area contributed by atoms with Crippen molar-refractivity contribution < 1.29 is 9.90 Å². The fourth-order valence-corrected chi connectivity index (χ4v) is 1.76. The number of aliphatic carboxylic acids is 1. The van der Waals surface area contributed by atoms with Crippen LogP contribution in [-0.2, 0) is 4.79 Å². The number of benzene rings is 1. The normalized spacial score (nSPS) is 11.0. The Kier molecular flexibility index (Phi) is 3.28. The second-order valence-electron chi connectivity index (χ2n) is 4.12. The first kappa shape index (κ1) is 12.1. The van der Waals surface area contributed by atoms with Crippen molar-refractivity contribution in [3.63, 3.8) is 0 Å². The van der Waals surface area contributed by atoms with E-state index in [1.165, 1.54) is 0 Å². The molecule has 0 aliphatic heterocycles. The molecule has 92 valence electrons. The highest BCUT2D eigenvalue weighted by molar-refractivity contribution is 5.85. The molecule has 1 heterocycles. The zero-order valence-corrected chi connectivity index (χ0v) is 10.3. The Bertz CT molecular complexity index is 612. The van der Waals surface area contributed by atoms with Crippen molar-refractivity contribution in [2.24, 2.45) is 0 Å². The largest absolute Gasteiger partial charge is 0.478 e. The molecule has 0 unspecified atom stereocenters. The summed E-state index contributed by atoms with van der Waals surface area (Å²) in [5, 5.41) is 12.9. The van der Waals surface area contributed by atoms with Crippen LogP contribution >= 0.6 is 0 Å². The third kappa shape index (κ3) is 2.66. The molecule has 4 heteroatoms. The van der Waals surface area contributed by atoms with E-state index in [1.54, 1.807) is 6.08 Å². The number of aryl methyl sites for hydroxylation is 2. The molecule has 0 atom stereocenters. The Labute approximate surface area is 105 Å². The average Bonchev–Trinajstić information content (AvgIpc) is 2.73. The van der Waals surface area contributed by atoms with Crippen LogP contribution in [0.1, 0.15) is 16.8 Å². The molecule has 0 bridgehead atoms. The molecular weight excluding hydrogens is 228 g/mol. The number of hydrogen-bond acceptors (Lipinski definition) is 2. The second-order valence-corrected chi connectivity index (χ2v) is 4.12. The quantitative estimate of drug-likeness (QED) is 0.842. The molecule has 0 saturated heterocycles. The predicted octanol–water partition coefficient (Wildman–Crippen LogP) is 2.59. The van der Waals surface area contributed by atoms with Crippen LogP contribution in [0.4, 0.5) is 0 Å². The van der Waals surface area contributed by atoms with Crippen LogP contribution in [0.2, 0.25) is 0 Å². The smallest absolute Gasteiger partial charge is 0.328 e. The lowest BCUT2D eigenvalue weighted by Crippen LogP contribution is -1.98. The maximum absolute atomic E-state index is 10.4. The van der Waals surface area contributed by atoms with Crippen molar-refractivity contribution in [1.29, 1.82) is 0 Å². The van der Waals surface area contributed by atoms with Gasteiger partial charge in [0.25, 0.3) is 0 Å². The monoisotopic (exact) mass is 242 g/mol. The standard InChI is InChI=1S/C14H14N2O2/c1-10-9-12(4-6-14(17)18)3-5-13(10)16-8-7-11(2)15-16/h3-9H,1-2H3,(H,17,18). The summed E-state index contributed by atoms with van der Waals surface area (Å²) >= 11 is 0. The lowest BCUT2D eigenvalue weighted by molar-refractivity contribution is -0.131. The van der Waals surface area contributed by atoms with E-state index in [9.17, 15) is 4.79 Å². The number of carbonyl (C=O) groups is 1. The summed E-state index contributed by atoms with van der Waals surface area (Å²) < 4.78 is 1.81. The highest BCUT2D eigenvalue weighted by atomic mass is 16.4. The van der Waals surface area contributed by atoms with Crippen LogP contribution in [0.15, 0.2) is 36.5 Å². The van der Waals surface area contributed by atoms with Crippen molar-refractivity contribution in [3.05, 3.63) is 53.4 Å². The highest BCUT2D eigenvalue weighted by Gasteiger charge is 2.02. The molecule has 2 aromatic rings. The molecule has 4 nitrogen and oxygen atoms in total. The Morgan fingerprint density at radius 2 is 2.11 bits per heavy atom. The molecule has 0 spiro atoms. The zero-order chi connectivity index (χ0) is 13.1. The Balaban J connectivity index is 2.33. The maximum Gasteiger partial charge on any atom is 0.328 e. The molecule has 0 fully saturated rings. The first-order valence-corrected chi connectivity index (χ1v) is 5.60. The van der Waals surface area contributed by atoms with Gasteiger partial charge < -0.3 is 5.11 Å². The van der Waals surface area contributed by atoms with Crippen LogP contribution in [0.25, 0.3) is 11.8 Å². The number of rotatable bonds is 3. The van der Waals surface area contributed by atoms with E-state index in [0.29, 0.717) is 0 Å². The van der Waals surface area contributed by atoms with E-state index in [2.05, 4.69) is 5.10 Å². The summed E-state index contributed by atoms with van der Waals surface area (Å²) in [6, 6.07) is 7.69. The zero-order valence-electron chi connectivity index (χ0n) is 10.3. The predicted molar refractivity (Wildman–Crippen MR) is 69.7 cm³/mol. The first-order chi connectivity index (χ1) is 8.56. The van der Waals surface area contributed by atoms with Gasteiger partial charge in [0.2, 0.25) is 0 Å².